The highest BCUT2D eigenvalue weighted by Gasteiger charge is 2.07. The smallest absolute Gasteiger partial charge is 0.172 e. The second-order valence-electron chi connectivity index (χ2n) is 14.0. The summed E-state index contributed by atoms with van der Waals surface area (Å²) in [6, 6.07) is 25.9. The summed E-state index contributed by atoms with van der Waals surface area (Å²) in [4.78, 5) is 4.23. The lowest BCUT2D eigenvalue weighted by atomic mass is 10.1. The number of pyridine rings is 2. The molecule has 0 radical (unpaired) electrons. The van der Waals surface area contributed by atoms with Crippen molar-refractivity contribution in [3.63, 3.8) is 0 Å². The summed E-state index contributed by atoms with van der Waals surface area (Å²) in [5, 5.41) is 17.6. The van der Waals surface area contributed by atoms with Crippen molar-refractivity contribution in [2.45, 2.75) is 91.1 Å². The molecule has 52 heavy (non-hydrogen) atoms. The van der Waals surface area contributed by atoms with Gasteiger partial charge < -0.3 is 9.80 Å². The second kappa shape index (κ2) is 21.9. The van der Waals surface area contributed by atoms with Crippen LogP contribution in [0.4, 0.5) is 11.4 Å². The lowest BCUT2D eigenvalue weighted by Crippen LogP contribution is -2.33. The summed E-state index contributed by atoms with van der Waals surface area (Å²) in [6.07, 6.45) is 29.1. The summed E-state index contributed by atoms with van der Waals surface area (Å²) >= 11 is 0. The van der Waals surface area contributed by atoms with Crippen LogP contribution in [0.3, 0.4) is 0 Å². The third-order valence-electron chi connectivity index (χ3n) is 9.80. The topological polar surface area (TPSA) is 61.8 Å². The third-order valence-corrected chi connectivity index (χ3v) is 9.80. The van der Waals surface area contributed by atoms with Crippen molar-refractivity contribution in [2.24, 2.45) is 0 Å². The molecule has 2 aromatic carbocycles. The van der Waals surface area contributed by atoms with Crippen LogP contribution >= 0.6 is 0 Å². The number of benzene rings is 2. The van der Waals surface area contributed by atoms with E-state index in [1.54, 1.807) is 0 Å². The predicted molar refractivity (Wildman–Crippen MR) is 217 cm³/mol. The Kier molecular flexibility index (Phi) is 16.7. The first kappa shape index (κ1) is 39.6. The first-order chi connectivity index (χ1) is 25.4. The molecule has 270 valence electrons. The van der Waals surface area contributed by atoms with Crippen LogP contribution in [0, 0.1) is 36.5 Å². The van der Waals surface area contributed by atoms with E-state index in [0.29, 0.717) is 12.8 Å². The van der Waals surface area contributed by atoms with Gasteiger partial charge >= 0.3 is 0 Å². The molecule has 0 aliphatic carbocycles. The molecular weight excluding hydrogens is 637 g/mol. The van der Waals surface area contributed by atoms with Gasteiger partial charge in [-0.15, -0.1) is 0 Å². The van der Waals surface area contributed by atoms with Gasteiger partial charge in [0.15, 0.2) is 24.8 Å². The molecule has 0 amide bonds. The average Bonchev–Trinajstić information content (AvgIpc) is 3.16. The number of hydrogen-bond acceptors (Lipinski definition) is 4. The van der Waals surface area contributed by atoms with E-state index < -0.39 is 0 Å². The van der Waals surface area contributed by atoms with E-state index in [9.17, 15) is 0 Å². The van der Waals surface area contributed by atoms with Gasteiger partial charge in [0.25, 0.3) is 0 Å². The fourth-order valence-corrected chi connectivity index (χ4v) is 6.39. The SMILES string of the molecule is Cc1c[n+](CCCCCCCCCC[n+]2ccc(/C=C/c3ccc(N(C)CCC#N)cc3)c(C)c2)ccc1/C=C/c1ccc(N(C)CCC#N)cc1. The highest BCUT2D eigenvalue weighted by Crippen LogP contribution is 2.18. The van der Waals surface area contributed by atoms with Gasteiger partial charge in [0, 0.05) is 74.7 Å². The largest absolute Gasteiger partial charge is 0.374 e. The predicted octanol–water partition coefficient (Wildman–Crippen LogP) is 9.74. The Labute approximate surface area is 313 Å². The van der Waals surface area contributed by atoms with Crippen LogP contribution in [0.15, 0.2) is 85.5 Å². The van der Waals surface area contributed by atoms with Crippen LogP contribution in [0.25, 0.3) is 24.3 Å². The first-order valence-electron chi connectivity index (χ1n) is 19.1. The maximum absolute atomic E-state index is 8.82. The maximum Gasteiger partial charge on any atom is 0.172 e. The number of unbranched alkanes of at least 4 members (excludes halogenated alkanes) is 7. The van der Waals surface area contributed by atoms with Gasteiger partial charge in [-0.2, -0.15) is 10.5 Å². The minimum atomic E-state index is 0.534. The Morgan fingerprint density at radius 1 is 0.519 bits per heavy atom. The zero-order chi connectivity index (χ0) is 37.0. The Bertz CT molecular complexity index is 1670. The molecule has 4 aromatic rings. The number of rotatable bonds is 21. The molecule has 0 aliphatic heterocycles. The van der Waals surface area contributed by atoms with Gasteiger partial charge in [-0.3, -0.25) is 0 Å². The number of hydrogen-bond donors (Lipinski definition) is 0. The molecule has 2 aromatic heterocycles. The van der Waals surface area contributed by atoms with E-state index >= 15 is 0 Å². The molecule has 0 fully saturated rings. The molecule has 0 saturated heterocycles. The van der Waals surface area contributed by atoms with E-state index in [4.69, 9.17) is 10.5 Å². The summed E-state index contributed by atoms with van der Waals surface area (Å²) in [5.41, 5.74) is 9.71. The molecule has 4 rings (SSSR count). The first-order valence-corrected chi connectivity index (χ1v) is 19.1. The molecule has 0 spiro atoms. The molecule has 0 aliphatic rings. The minimum absolute atomic E-state index is 0.534. The number of anilines is 2. The van der Waals surface area contributed by atoms with Gasteiger partial charge in [-0.1, -0.05) is 74.3 Å². The van der Waals surface area contributed by atoms with Crippen LogP contribution in [-0.2, 0) is 13.1 Å². The van der Waals surface area contributed by atoms with E-state index in [-0.39, 0.29) is 0 Å². The van der Waals surface area contributed by atoms with Crippen molar-refractivity contribution in [3.8, 4) is 12.1 Å². The van der Waals surface area contributed by atoms with Crippen molar-refractivity contribution in [3.05, 3.63) is 119 Å². The zero-order valence-electron chi connectivity index (χ0n) is 32.0. The molecule has 6 heteroatoms. The fraction of sp³-hybridized carbons (Fsp3) is 0.391. The van der Waals surface area contributed by atoms with Crippen molar-refractivity contribution in [1.29, 1.82) is 10.5 Å². The van der Waals surface area contributed by atoms with E-state index in [2.05, 4.69) is 155 Å². The highest BCUT2D eigenvalue weighted by atomic mass is 15.1. The Morgan fingerprint density at radius 3 is 1.23 bits per heavy atom. The molecular formula is C46H58N6+2. The third kappa shape index (κ3) is 13.5. The van der Waals surface area contributed by atoms with E-state index in [0.717, 1.165) is 37.6 Å². The van der Waals surface area contributed by atoms with Gasteiger partial charge in [0.1, 0.15) is 13.1 Å². The highest BCUT2D eigenvalue weighted by molar-refractivity contribution is 5.72. The lowest BCUT2D eigenvalue weighted by molar-refractivity contribution is -0.697. The summed E-state index contributed by atoms with van der Waals surface area (Å²) in [6.45, 7) is 8.03. The molecule has 0 atom stereocenters. The molecule has 6 nitrogen and oxygen atoms in total. The number of nitrogens with zero attached hydrogens (tertiary/aromatic N) is 6. The van der Waals surface area contributed by atoms with Crippen LogP contribution in [0.2, 0.25) is 0 Å². The van der Waals surface area contributed by atoms with Crippen molar-refractivity contribution >= 4 is 35.7 Å². The fourth-order valence-electron chi connectivity index (χ4n) is 6.39. The number of aromatic nitrogens is 2. The van der Waals surface area contributed by atoms with E-state index in [1.807, 2.05) is 14.1 Å². The monoisotopic (exact) mass is 694 g/mol. The minimum Gasteiger partial charge on any atom is -0.374 e. The number of aryl methyl sites for hydroxylation is 4. The van der Waals surface area contributed by atoms with Crippen molar-refractivity contribution in [2.75, 3.05) is 37.0 Å². The quantitative estimate of drug-likeness (QED) is 0.0644. The molecule has 2 heterocycles. The van der Waals surface area contributed by atoms with Crippen LogP contribution < -0.4 is 18.9 Å². The van der Waals surface area contributed by atoms with Gasteiger partial charge in [-0.05, 0) is 73.2 Å². The van der Waals surface area contributed by atoms with Gasteiger partial charge in [-0.25, -0.2) is 9.13 Å². The Morgan fingerprint density at radius 2 is 0.885 bits per heavy atom. The maximum atomic E-state index is 8.82. The summed E-state index contributed by atoms with van der Waals surface area (Å²) < 4.78 is 4.67. The zero-order valence-corrected chi connectivity index (χ0v) is 32.0. The molecule has 0 saturated carbocycles. The van der Waals surface area contributed by atoms with E-state index in [1.165, 1.54) is 84.7 Å². The standard InChI is InChI=1S/C46H58N6/c1-39-37-51(35-27-43(39)21-15-41-17-23-45(24-18-41)49(3)31-13-29-47)33-11-9-7-5-6-8-10-12-34-52-36-28-44(40(2)38-52)22-16-42-19-25-46(26-20-42)50(4)32-14-30-48/h15-28,35-38H,5-14,31-34H2,1-4H3/q+2. The van der Waals surface area contributed by atoms with Crippen molar-refractivity contribution in [1.82, 2.24) is 0 Å². The normalized spacial score (nSPS) is 11.2. The second-order valence-corrected chi connectivity index (χ2v) is 14.0. The van der Waals surface area contributed by atoms with Gasteiger partial charge in [0.2, 0.25) is 0 Å². The average molecular weight is 695 g/mol. The molecule has 0 N–H and O–H groups in total. The Hall–Kier alpha value is -5.20. The summed E-state index contributed by atoms with van der Waals surface area (Å²) in [7, 11) is 4.05. The molecule has 0 bridgehead atoms. The van der Waals surface area contributed by atoms with Crippen LogP contribution in [-0.4, -0.2) is 27.2 Å². The van der Waals surface area contributed by atoms with Crippen LogP contribution in [0.5, 0.6) is 0 Å². The van der Waals surface area contributed by atoms with Crippen molar-refractivity contribution < 1.29 is 9.13 Å². The van der Waals surface area contributed by atoms with Crippen LogP contribution in [0.1, 0.15) is 97.6 Å². The summed E-state index contributed by atoms with van der Waals surface area (Å²) in [5.74, 6) is 0. The van der Waals surface area contributed by atoms with Gasteiger partial charge in [0.05, 0.1) is 25.0 Å². The molecule has 0 unspecified atom stereocenters. The Balaban J connectivity index is 1.06. The lowest BCUT2D eigenvalue weighted by Gasteiger charge is -2.17. The number of nitriles is 2.